The van der Waals surface area contributed by atoms with Crippen molar-refractivity contribution in [3.8, 4) is 0 Å². The van der Waals surface area contributed by atoms with E-state index >= 15 is 0 Å². The van der Waals surface area contributed by atoms with Crippen LogP contribution in [0.4, 0.5) is 10.1 Å². The number of thiophene rings is 1. The molecule has 0 fully saturated rings. The topological polar surface area (TPSA) is 83.5 Å². The fourth-order valence-electron chi connectivity index (χ4n) is 1.50. The third-order valence-corrected chi connectivity index (χ3v) is 5.49. The number of benzene rings is 1. The first-order valence-electron chi connectivity index (χ1n) is 5.21. The molecule has 0 unspecified atom stereocenters. The van der Waals surface area contributed by atoms with E-state index < -0.39 is 33.1 Å². The van der Waals surface area contributed by atoms with Crippen molar-refractivity contribution in [1.82, 2.24) is 0 Å². The van der Waals surface area contributed by atoms with Crippen molar-refractivity contribution in [1.29, 1.82) is 0 Å². The van der Waals surface area contributed by atoms with Crippen LogP contribution in [-0.2, 0) is 10.0 Å². The number of hydrogen-bond donors (Lipinski definition) is 2. The van der Waals surface area contributed by atoms with E-state index in [0.29, 0.717) is 0 Å². The predicted octanol–water partition coefficient (Wildman–Crippen LogP) is 3.69. The third-order valence-electron chi connectivity index (χ3n) is 2.37. The van der Waals surface area contributed by atoms with E-state index in [-0.39, 0.29) is 13.6 Å². The molecule has 5 nitrogen and oxygen atoms in total. The van der Waals surface area contributed by atoms with E-state index in [2.05, 4.69) is 0 Å². The Kier molecular flexibility index (Phi) is 4.43. The zero-order valence-electron chi connectivity index (χ0n) is 9.93. The van der Waals surface area contributed by atoms with Gasteiger partial charge in [0.1, 0.15) is 15.0 Å². The van der Waals surface area contributed by atoms with Gasteiger partial charge in [-0.05, 0) is 24.3 Å². The highest BCUT2D eigenvalue weighted by Crippen LogP contribution is 2.35. The molecular weight excluding hydrogens is 364 g/mol. The molecular formula is C11H6Cl2FNO4S2. The molecule has 0 saturated heterocycles. The van der Waals surface area contributed by atoms with Gasteiger partial charge >= 0.3 is 5.97 Å². The summed E-state index contributed by atoms with van der Waals surface area (Å²) in [6.45, 7) is 0. The average molecular weight is 370 g/mol. The molecule has 0 amide bonds. The minimum atomic E-state index is -4.18. The van der Waals surface area contributed by atoms with Crippen LogP contribution in [0.15, 0.2) is 29.2 Å². The molecule has 0 saturated carbocycles. The standard InChI is InChI=1S/C11H6Cl2FNO4S2/c12-9-4-8(10(13)20-9)21(18,19)15-7-3-5(14)1-2-6(7)11(16)17/h1-4,15H,(H,16,17). The maximum absolute atomic E-state index is 13.2. The number of nitrogens with one attached hydrogen (secondary N) is 1. The molecule has 0 aliphatic carbocycles. The van der Waals surface area contributed by atoms with Crippen LogP contribution in [0.2, 0.25) is 8.67 Å². The van der Waals surface area contributed by atoms with Crippen LogP contribution in [0.3, 0.4) is 0 Å². The van der Waals surface area contributed by atoms with Gasteiger partial charge in [0.25, 0.3) is 10.0 Å². The van der Waals surface area contributed by atoms with Crippen molar-refractivity contribution < 1.29 is 22.7 Å². The summed E-state index contributed by atoms with van der Waals surface area (Å²) in [5, 5.41) is 8.98. The quantitative estimate of drug-likeness (QED) is 0.860. The van der Waals surface area contributed by atoms with Crippen LogP contribution in [-0.4, -0.2) is 19.5 Å². The summed E-state index contributed by atoms with van der Waals surface area (Å²) in [5.74, 6) is -2.19. The predicted molar refractivity (Wildman–Crippen MR) is 78.5 cm³/mol. The Bertz CT molecular complexity index is 820. The van der Waals surface area contributed by atoms with E-state index in [4.69, 9.17) is 28.3 Å². The Morgan fingerprint density at radius 1 is 1.29 bits per heavy atom. The monoisotopic (exact) mass is 369 g/mol. The van der Waals surface area contributed by atoms with Crippen LogP contribution >= 0.6 is 34.5 Å². The molecule has 1 heterocycles. The molecule has 0 aliphatic heterocycles. The van der Waals surface area contributed by atoms with Crippen LogP contribution in [0.25, 0.3) is 0 Å². The van der Waals surface area contributed by atoms with E-state index in [9.17, 15) is 17.6 Å². The number of rotatable bonds is 4. The van der Waals surface area contributed by atoms with Crippen LogP contribution in [0.5, 0.6) is 0 Å². The molecule has 0 aliphatic rings. The van der Waals surface area contributed by atoms with Crippen LogP contribution < -0.4 is 4.72 Å². The number of hydrogen-bond acceptors (Lipinski definition) is 4. The van der Waals surface area contributed by atoms with Gasteiger partial charge in [-0.3, -0.25) is 4.72 Å². The smallest absolute Gasteiger partial charge is 0.337 e. The Labute approximate surface area is 133 Å². The maximum Gasteiger partial charge on any atom is 0.337 e. The number of sulfonamides is 1. The molecule has 0 atom stereocenters. The second-order valence-electron chi connectivity index (χ2n) is 3.79. The Hall–Kier alpha value is -1.35. The van der Waals surface area contributed by atoms with Gasteiger partial charge in [0, 0.05) is 0 Å². The molecule has 1 aromatic heterocycles. The van der Waals surface area contributed by atoms with Crippen molar-refractivity contribution in [2.45, 2.75) is 4.90 Å². The number of aromatic carboxylic acids is 1. The second-order valence-corrected chi connectivity index (χ2v) is 7.73. The van der Waals surface area contributed by atoms with Gasteiger partial charge in [0.2, 0.25) is 0 Å². The average Bonchev–Trinajstić information content (AvgIpc) is 2.68. The molecule has 1 aromatic carbocycles. The summed E-state index contributed by atoms with van der Waals surface area (Å²) < 4.78 is 39.6. The van der Waals surface area contributed by atoms with Crippen molar-refractivity contribution in [3.63, 3.8) is 0 Å². The number of halogens is 3. The largest absolute Gasteiger partial charge is 0.478 e. The normalized spacial score (nSPS) is 11.4. The van der Waals surface area contributed by atoms with Gasteiger partial charge in [-0.1, -0.05) is 23.2 Å². The highest BCUT2D eigenvalue weighted by molar-refractivity contribution is 7.93. The zero-order chi connectivity index (χ0) is 15.8. The van der Waals surface area contributed by atoms with Crippen molar-refractivity contribution in [2.75, 3.05) is 4.72 Å². The fraction of sp³-hybridized carbons (Fsp3) is 0. The van der Waals surface area contributed by atoms with Gasteiger partial charge in [-0.2, -0.15) is 0 Å². The zero-order valence-corrected chi connectivity index (χ0v) is 13.1. The lowest BCUT2D eigenvalue weighted by Gasteiger charge is -2.10. The highest BCUT2D eigenvalue weighted by atomic mass is 35.5. The molecule has 0 bridgehead atoms. The van der Waals surface area contributed by atoms with Gasteiger partial charge in [0.15, 0.2) is 0 Å². The third kappa shape index (κ3) is 3.46. The Balaban J connectivity index is 2.48. The van der Waals surface area contributed by atoms with Gasteiger partial charge in [-0.25, -0.2) is 17.6 Å². The molecule has 0 radical (unpaired) electrons. The lowest BCUT2D eigenvalue weighted by atomic mass is 10.2. The van der Waals surface area contributed by atoms with Gasteiger partial charge in [-0.15, -0.1) is 11.3 Å². The summed E-state index contributed by atoms with van der Waals surface area (Å²) >= 11 is 12.3. The van der Waals surface area contributed by atoms with E-state index in [0.717, 1.165) is 35.6 Å². The number of anilines is 1. The van der Waals surface area contributed by atoms with Crippen LogP contribution in [0, 0.1) is 5.82 Å². The fourth-order valence-corrected chi connectivity index (χ4v) is 4.72. The summed E-state index contributed by atoms with van der Waals surface area (Å²) in [6.07, 6.45) is 0. The Morgan fingerprint density at radius 3 is 2.48 bits per heavy atom. The van der Waals surface area contributed by atoms with Crippen molar-refractivity contribution in [3.05, 3.63) is 44.3 Å². The van der Waals surface area contributed by atoms with E-state index in [1.807, 2.05) is 4.72 Å². The summed E-state index contributed by atoms with van der Waals surface area (Å²) in [4.78, 5) is 10.7. The molecule has 10 heteroatoms. The second kappa shape index (κ2) is 5.80. The molecule has 2 aromatic rings. The van der Waals surface area contributed by atoms with Gasteiger partial charge in [0.05, 0.1) is 15.6 Å². The Morgan fingerprint density at radius 2 is 1.95 bits per heavy atom. The van der Waals surface area contributed by atoms with E-state index in [1.54, 1.807) is 0 Å². The first kappa shape index (κ1) is 16.0. The minimum absolute atomic E-state index is 0.0826. The first-order chi connectivity index (χ1) is 9.70. The molecule has 0 spiro atoms. The molecule has 21 heavy (non-hydrogen) atoms. The minimum Gasteiger partial charge on any atom is -0.478 e. The maximum atomic E-state index is 13.2. The highest BCUT2D eigenvalue weighted by Gasteiger charge is 2.23. The summed E-state index contributed by atoms with van der Waals surface area (Å²) in [5.41, 5.74) is -0.793. The lowest BCUT2D eigenvalue weighted by molar-refractivity contribution is 0.0698. The number of carboxylic acids is 1. The lowest BCUT2D eigenvalue weighted by Crippen LogP contribution is -2.15. The molecule has 2 N–H and O–H groups in total. The van der Waals surface area contributed by atoms with Crippen molar-refractivity contribution >= 4 is 56.2 Å². The number of carbonyl (C=O) groups is 1. The van der Waals surface area contributed by atoms with E-state index in [1.165, 1.54) is 0 Å². The number of carboxylic acid groups (broad SMARTS) is 1. The summed E-state index contributed by atoms with van der Waals surface area (Å²) in [6, 6.07) is 3.76. The van der Waals surface area contributed by atoms with Gasteiger partial charge < -0.3 is 5.11 Å². The first-order valence-corrected chi connectivity index (χ1v) is 8.27. The van der Waals surface area contributed by atoms with Crippen molar-refractivity contribution in [2.24, 2.45) is 0 Å². The molecule has 112 valence electrons. The molecule has 2 rings (SSSR count). The SMILES string of the molecule is O=C(O)c1ccc(F)cc1NS(=O)(=O)c1cc(Cl)sc1Cl. The van der Waals surface area contributed by atoms with Crippen LogP contribution in [0.1, 0.15) is 10.4 Å². The summed E-state index contributed by atoms with van der Waals surface area (Å²) in [7, 11) is -4.18.